The zero-order valence-corrected chi connectivity index (χ0v) is 9.40. The summed E-state index contributed by atoms with van der Waals surface area (Å²) in [6.45, 7) is 0. The fourth-order valence-corrected chi connectivity index (χ4v) is 1.21. The lowest BCUT2D eigenvalue weighted by molar-refractivity contribution is -0.175. The van der Waals surface area contributed by atoms with Crippen molar-refractivity contribution in [2.75, 3.05) is 28.4 Å². The van der Waals surface area contributed by atoms with Crippen molar-refractivity contribution in [3.8, 4) is 0 Å². The highest BCUT2D eigenvalue weighted by Crippen LogP contribution is 2.14. The van der Waals surface area contributed by atoms with Gasteiger partial charge in [-0.3, -0.25) is 0 Å². The third-order valence-electron chi connectivity index (χ3n) is 2.11. The van der Waals surface area contributed by atoms with Crippen LogP contribution in [0, 0.1) is 0 Å². The average Bonchev–Trinajstić information content (AvgIpc) is 2.47. The Bertz CT molecular complexity index is 282. The van der Waals surface area contributed by atoms with Gasteiger partial charge in [0.1, 0.15) is 18.3 Å². The molecule has 0 spiro atoms. The standard InChI is InChI=1S/C10H18O7/c1-14-6(5-11)8(15-2)9(16-3)7(12)10(13)17-4/h5-9,12H,1-4H3/t6-,7-,8+,9+/m0/s1/i1D,2D,3D. The molecule has 7 nitrogen and oxygen atoms in total. The van der Waals surface area contributed by atoms with Crippen molar-refractivity contribution in [3.63, 3.8) is 0 Å². The molecular weight excluding hydrogens is 232 g/mol. The van der Waals surface area contributed by atoms with Gasteiger partial charge in [-0.05, 0) is 0 Å². The Morgan fingerprint density at radius 1 is 1.24 bits per heavy atom. The van der Waals surface area contributed by atoms with Gasteiger partial charge >= 0.3 is 5.97 Å². The molecular formula is C10H18O7. The van der Waals surface area contributed by atoms with Crippen LogP contribution in [0.4, 0.5) is 0 Å². The number of hydrogen-bond donors (Lipinski definition) is 1. The first-order valence-corrected chi connectivity index (χ1v) is 4.51. The fourth-order valence-electron chi connectivity index (χ4n) is 1.21. The Balaban J connectivity index is 5.19. The molecule has 0 aliphatic heterocycles. The number of aldehydes is 1. The molecule has 17 heavy (non-hydrogen) atoms. The maximum Gasteiger partial charge on any atom is 0.337 e. The molecule has 0 fully saturated rings. The van der Waals surface area contributed by atoms with Gasteiger partial charge < -0.3 is 28.8 Å². The van der Waals surface area contributed by atoms with Crippen molar-refractivity contribution in [3.05, 3.63) is 0 Å². The second-order valence-corrected chi connectivity index (χ2v) is 3.00. The summed E-state index contributed by atoms with van der Waals surface area (Å²) in [5.74, 6) is -1.04. The molecule has 0 aromatic heterocycles. The molecule has 0 amide bonds. The molecule has 0 aromatic carbocycles. The van der Waals surface area contributed by atoms with E-state index in [9.17, 15) is 14.7 Å². The third kappa shape index (κ3) is 4.04. The third-order valence-corrected chi connectivity index (χ3v) is 2.11. The van der Waals surface area contributed by atoms with Crippen molar-refractivity contribution in [2.45, 2.75) is 24.4 Å². The minimum atomic E-state index is -1.82. The predicted octanol–water partition coefficient (Wildman–Crippen LogP) is -1.24. The van der Waals surface area contributed by atoms with Gasteiger partial charge in [0.05, 0.1) is 11.2 Å². The Morgan fingerprint density at radius 2 is 1.82 bits per heavy atom. The number of rotatable bonds is 8. The molecule has 100 valence electrons. The maximum absolute atomic E-state index is 11.3. The average molecular weight is 253 g/mol. The van der Waals surface area contributed by atoms with Crippen LogP contribution in [0.5, 0.6) is 0 Å². The van der Waals surface area contributed by atoms with E-state index in [4.69, 9.17) is 18.3 Å². The second kappa shape index (κ2) is 8.13. The molecule has 0 aliphatic rings. The van der Waals surface area contributed by atoms with E-state index in [-0.39, 0.29) is 0 Å². The molecule has 0 saturated heterocycles. The number of ether oxygens (including phenoxy) is 4. The van der Waals surface area contributed by atoms with Gasteiger partial charge in [-0.15, -0.1) is 0 Å². The molecule has 0 bridgehead atoms. The van der Waals surface area contributed by atoms with E-state index in [0.29, 0.717) is 6.29 Å². The monoisotopic (exact) mass is 253 g/mol. The summed E-state index contributed by atoms with van der Waals surface area (Å²) < 4.78 is 39.9. The van der Waals surface area contributed by atoms with Gasteiger partial charge in [0.25, 0.3) is 0 Å². The molecule has 0 unspecified atom stereocenters. The summed E-state index contributed by atoms with van der Waals surface area (Å²) in [5.41, 5.74) is 0. The van der Waals surface area contributed by atoms with Crippen LogP contribution in [0.1, 0.15) is 4.11 Å². The Hall–Kier alpha value is -1.02. The molecule has 0 aliphatic carbocycles. The highest BCUT2D eigenvalue weighted by atomic mass is 16.6. The van der Waals surface area contributed by atoms with Gasteiger partial charge in [-0.1, -0.05) is 0 Å². The zero-order valence-electron chi connectivity index (χ0n) is 12.4. The van der Waals surface area contributed by atoms with E-state index >= 15 is 0 Å². The first kappa shape index (κ1) is 11.1. The van der Waals surface area contributed by atoms with Crippen molar-refractivity contribution < 1.29 is 37.8 Å². The Labute approximate surface area is 104 Å². The lowest BCUT2D eigenvalue weighted by Crippen LogP contribution is -2.51. The number of methoxy groups -OCH3 is 4. The molecule has 0 aromatic rings. The number of hydrogen-bond acceptors (Lipinski definition) is 7. The smallest absolute Gasteiger partial charge is 0.337 e. The van der Waals surface area contributed by atoms with E-state index in [1.807, 2.05) is 0 Å². The first-order chi connectivity index (χ1) is 9.56. The molecule has 0 radical (unpaired) electrons. The summed E-state index contributed by atoms with van der Waals surface area (Å²) in [5, 5.41) is 9.78. The van der Waals surface area contributed by atoms with Crippen molar-refractivity contribution in [1.82, 2.24) is 0 Å². The molecule has 4 atom stereocenters. The summed E-state index contributed by atoms with van der Waals surface area (Å²) in [7, 11) is -0.741. The number of aliphatic hydroxyl groups is 1. The van der Waals surface area contributed by atoms with Crippen molar-refractivity contribution >= 4 is 12.3 Å². The Kier molecular flexibility index (Phi) is 5.30. The van der Waals surface area contributed by atoms with Crippen LogP contribution >= 0.6 is 0 Å². The first-order valence-electron chi connectivity index (χ1n) is 6.63. The van der Waals surface area contributed by atoms with Gasteiger partial charge in [0.2, 0.25) is 0 Å². The van der Waals surface area contributed by atoms with Gasteiger partial charge in [0.15, 0.2) is 12.4 Å². The minimum Gasteiger partial charge on any atom is -0.467 e. The normalized spacial score (nSPS) is 20.2. The summed E-state index contributed by atoms with van der Waals surface area (Å²) >= 11 is 0. The van der Waals surface area contributed by atoms with Crippen molar-refractivity contribution in [2.24, 2.45) is 0 Å². The fraction of sp³-hybridized carbons (Fsp3) is 0.800. The SMILES string of the molecule is [2H]CO[C@@H]([C@H](OC[2H])[C@H](O)C(=O)OC)[C@H](C=O)OC[2H]. The lowest BCUT2D eigenvalue weighted by Gasteiger charge is -2.30. The van der Waals surface area contributed by atoms with E-state index in [0.717, 1.165) is 7.11 Å². The van der Waals surface area contributed by atoms with Gasteiger partial charge in [-0.2, -0.15) is 0 Å². The van der Waals surface area contributed by atoms with Crippen LogP contribution in [0.15, 0.2) is 0 Å². The number of aliphatic hydroxyl groups excluding tert-OH is 1. The minimum absolute atomic E-state index is 0.305. The molecule has 1 N–H and O–H groups in total. The molecule has 7 heteroatoms. The van der Waals surface area contributed by atoms with Crippen LogP contribution < -0.4 is 0 Å². The molecule has 0 saturated carbocycles. The van der Waals surface area contributed by atoms with E-state index in [1.165, 1.54) is 0 Å². The summed E-state index contributed by atoms with van der Waals surface area (Å²) in [6.07, 6.45) is -5.60. The van der Waals surface area contributed by atoms with Crippen LogP contribution in [-0.2, 0) is 28.5 Å². The highest BCUT2D eigenvalue weighted by Gasteiger charge is 2.38. The summed E-state index contributed by atoms with van der Waals surface area (Å²) in [6, 6.07) is 0. The van der Waals surface area contributed by atoms with Crippen LogP contribution in [0.2, 0.25) is 0 Å². The number of carbonyl (C=O) groups is 2. The maximum atomic E-state index is 11.3. The number of esters is 1. The van der Waals surface area contributed by atoms with Crippen LogP contribution in [0.3, 0.4) is 0 Å². The predicted molar refractivity (Wildman–Crippen MR) is 56.5 cm³/mol. The quantitative estimate of drug-likeness (QED) is 0.427. The largest absolute Gasteiger partial charge is 0.467 e. The second-order valence-electron chi connectivity index (χ2n) is 3.00. The van der Waals surface area contributed by atoms with E-state index in [2.05, 4.69) is 4.74 Å². The van der Waals surface area contributed by atoms with E-state index in [1.54, 1.807) is 0 Å². The van der Waals surface area contributed by atoms with Gasteiger partial charge in [0, 0.05) is 21.3 Å². The summed E-state index contributed by atoms with van der Waals surface area (Å²) in [4.78, 5) is 22.3. The van der Waals surface area contributed by atoms with Crippen molar-refractivity contribution in [1.29, 1.82) is 0 Å². The number of carbonyl (C=O) groups excluding carboxylic acids is 2. The molecule has 0 rings (SSSR count). The van der Waals surface area contributed by atoms with Gasteiger partial charge in [-0.25, -0.2) is 4.79 Å². The van der Waals surface area contributed by atoms with E-state index < -0.39 is 51.6 Å². The lowest BCUT2D eigenvalue weighted by atomic mass is 10.0. The Morgan fingerprint density at radius 3 is 2.29 bits per heavy atom. The zero-order chi connectivity index (χ0) is 15.5. The molecule has 0 heterocycles. The van der Waals surface area contributed by atoms with Crippen LogP contribution in [-0.4, -0.2) is 70.1 Å². The highest BCUT2D eigenvalue weighted by molar-refractivity contribution is 5.75. The van der Waals surface area contributed by atoms with Crippen LogP contribution in [0.25, 0.3) is 0 Å². The topological polar surface area (TPSA) is 91.3 Å².